The van der Waals surface area contributed by atoms with Crippen molar-refractivity contribution < 1.29 is 22.7 Å². The largest absolute Gasteiger partial charge is 0.465 e. The molecule has 0 aliphatic carbocycles. The zero-order chi connectivity index (χ0) is 16.0. The standard InChI is InChI=1S/C11H20N4O5S/c1-19-6-4-13-10-8(11(16)20-2)9(12)15(14-10)5-7-21(3,17)18/h4-7,12H2,1-3H3,(H,13,14). The second kappa shape index (κ2) is 7.27. The molecule has 120 valence electrons. The Kier molecular flexibility index (Phi) is 5.97. The van der Waals surface area contributed by atoms with Crippen molar-refractivity contribution in [2.24, 2.45) is 0 Å². The molecule has 1 heterocycles. The number of sulfone groups is 1. The van der Waals surface area contributed by atoms with E-state index in [2.05, 4.69) is 15.2 Å². The second-order valence-electron chi connectivity index (χ2n) is 4.37. The van der Waals surface area contributed by atoms with E-state index >= 15 is 0 Å². The molecule has 0 spiro atoms. The Morgan fingerprint density at radius 1 is 1.43 bits per heavy atom. The number of rotatable bonds is 8. The SMILES string of the molecule is COCCNc1nn(CCS(C)(=O)=O)c(N)c1C(=O)OC. The Morgan fingerprint density at radius 2 is 2.10 bits per heavy atom. The van der Waals surface area contributed by atoms with Crippen molar-refractivity contribution in [2.75, 3.05) is 50.4 Å². The Bertz CT molecular complexity index is 596. The van der Waals surface area contributed by atoms with Crippen LogP contribution in [0.1, 0.15) is 10.4 Å². The summed E-state index contributed by atoms with van der Waals surface area (Å²) in [4.78, 5) is 11.8. The van der Waals surface area contributed by atoms with E-state index in [0.29, 0.717) is 13.2 Å². The molecule has 0 aromatic carbocycles. The molecule has 0 bridgehead atoms. The van der Waals surface area contributed by atoms with Crippen LogP contribution in [0.2, 0.25) is 0 Å². The molecule has 9 nitrogen and oxygen atoms in total. The van der Waals surface area contributed by atoms with E-state index in [-0.39, 0.29) is 29.5 Å². The molecular formula is C11H20N4O5S. The van der Waals surface area contributed by atoms with Gasteiger partial charge in [0.1, 0.15) is 21.2 Å². The number of hydrogen-bond acceptors (Lipinski definition) is 8. The van der Waals surface area contributed by atoms with E-state index in [9.17, 15) is 13.2 Å². The van der Waals surface area contributed by atoms with Gasteiger partial charge in [-0.15, -0.1) is 0 Å². The normalized spacial score (nSPS) is 11.4. The molecule has 0 aliphatic rings. The molecule has 10 heteroatoms. The number of nitrogens with one attached hydrogen (secondary N) is 1. The summed E-state index contributed by atoms with van der Waals surface area (Å²) in [6.07, 6.45) is 1.12. The molecule has 0 aliphatic heterocycles. The predicted octanol–water partition coefficient (Wildman–Crippen LogP) is -0.645. The van der Waals surface area contributed by atoms with Crippen LogP contribution in [0.15, 0.2) is 0 Å². The number of esters is 1. The number of carbonyl (C=O) groups excluding carboxylic acids is 1. The van der Waals surface area contributed by atoms with E-state index in [1.165, 1.54) is 11.8 Å². The number of anilines is 2. The molecule has 1 aromatic rings. The maximum atomic E-state index is 11.8. The number of aromatic nitrogens is 2. The molecule has 0 amide bonds. The summed E-state index contributed by atoms with van der Waals surface area (Å²) >= 11 is 0. The van der Waals surface area contributed by atoms with Gasteiger partial charge in [0.15, 0.2) is 5.82 Å². The van der Waals surface area contributed by atoms with E-state index in [0.717, 1.165) is 6.26 Å². The molecule has 3 N–H and O–H groups in total. The molecule has 1 rings (SSSR count). The van der Waals surface area contributed by atoms with Crippen molar-refractivity contribution in [3.05, 3.63) is 5.56 Å². The first kappa shape index (κ1) is 17.2. The van der Waals surface area contributed by atoms with Crippen molar-refractivity contribution in [3.63, 3.8) is 0 Å². The fourth-order valence-corrected chi connectivity index (χ4v) is 2.10. The van der Waals surface area contributed by atoms with Crippen molar-refractivity contribution in [1.29, 1.82) is 0 Å². The Hall–Kier alpha value is -1.81. The maximum Gasteiger partial charge on any atom is 0.345 e. The first-order valence-electron chi connectivity index (χ1n) is 6.15. The van der Waals surface area contributed by atoms with Gasteiger partial charge in [0, 0.05) is 19.9 Å². The van der Waals surface area contributed by atoms with Gasteiger partial charge in [0.2, 0.25) is 0 Å². The van der Waals surface area contributed by atoms with Crippen LogP contribution < -0.4 is 11.1 Å². The molecule has 0 radical (unpaired) electrons. The zero-order valence-corrected chi connectivity index (χ0v) is 13.1. The lowest BCUT2D eigenvalue weighted by atomic mass is 10.3. The highest BCUT2D eigenvalue weighted by Gasteiger charge is 2.23. The third kappa shape index (κ3) is 4.90. The molecule has 0 fully saturated rings. The molecule has 0 atom stereocenters. The van der Waals surface area contributed by atoms with E-state index < -0.39 is 15.8 Å². The van der Waals surface area contributed by atoms with Gasteiger partial charge in [-0.2, -0.15) is 5.10 Å². The highest BCUT2D eigenvalue weighted by molar-refractivity contribution is 7.90. The number of hydrogen-bond donors (Lipinski definition) is 2. The summed E-state index contributed by atoms with van der Waals surface area (Å²) in [5, 5.41) is 7.01. The summed E-state index contributed by atoms with van der Waals surface area (Å²) in [6, 6.07) is 0. The first-order valence-corrected chi connectivity index (χ1v) is 8.21. The highest BCUT2D eigenvalue weighted by Crippen LogP contribution is 2.22. The minimum atomic E-state index is -3.16. The van der Waals surface area contributed by atoms with Crippen molar-refractivity contribution >= 4 is 27.4 Å². The molecule has 0 saturated carbocycles. The number of aryl methyl sites for hydroxylation is 1. The van der Waals surface area contributed by atoms with Gasteiger partial charge in [-0.1, -0.05) is 0 Å². The van der Waals surface area contributed by atoms with Gasteiger partial charge < -0.3 is 20.5 Å². The average molecular weight is 320 g/mol. The summed E-state index contributed by atoms with van der Waals surface area (Å²) in [6.45, 7) is 0.889. The molecule has 21 heavy (non-hydrogen) atoms. The van der Waals surface area contributed by atoms with Crippen LogP contribution in [0.5, 0.6) is 0 Å². The lowest BCUT2D eigenvalue weighted by Crippen LogP contribution is -2.15. The van der Waals surface area contributed by atoms with Crippen molar-refractivity contribution in [1.82, 2.24) is 9.78 Å². The van der Waals surface area contributed by atoms with Crippen LogP contribution in [0, 0.1) is 0 Å². The Morgan fingerprint density at radius 3 is 2.62 bits per heavy atom. The lowest BCUT2D eigenvalue weighted by Gasteiger charge is -2.04. The fraction of sp³-hybridized carbons (Fsp3) is 0.636. The summed E-state index contributed by atoms with van der Waals surface area (Å²) in [7, 11) is -0.388. The van der Waals surface area contributed by atoms with Gasteiger partial charge in [0.05, 0.1) is 26.0 Å². The van der Waals surface area contributed by atoms with Crippen molar-refractivity contribution in [2.45, 2.75) is 6.54 Å². The number of nitrogens with two attached hydrogens (primary N) is 1. The van der Waals surface area contributed by atoms with Crippen LogP contribution in [0.25, 0.3) is 0 Å². The van der Waals surface area contributed by atoms with Gasteiger partial charge >= 0.3 is 5.97 Å². The number of ether oxygens (including phenoxy) is 2. The van der Waals surface area contributed by atoms with Crippen LogP contribution in [-0.2, 0) is 25.9 Å². The highest BCUT2D eigenvalue weighted by atomic mass is 32.2. The van der Waals surface area contributed by atoms with Gasteiger partial charge in [0.25, 0.3) is 0 Å². The van der Waals surface area contributed by atoms with Crippen LogP contribution in [0.3, 0.4) is 0 Å². The van der Waals surface area contributed by atoms with E-state index in [1.807, 2.05) is 0 Å². The lowest BCUT2D eigenvalue weighted by molar-refractivity contribution is 0.0603. The number of methoxy groups -OCH3 is 2. The summed E-state index contributed by atoms with van der Waals surface area (Å²) < 4.78 is 33.2. The third-order valence-corrected chi connectivity index (χ3v) is 3.58. The van der Waals surface area contributed by atoms with E-state index in [4.69, 9.17) is 10.5 Å². The van der Waals surface area contributed by atoms with E-state index in [1.54, 1.807) is 7.11 Å². The van der Waals surface area contributed by atoms with Crippen LogP contribution in [-0.4, -0.2) is 63.5 Å². The average Bonchev–Trinajstić information content (AvgIpc) is 2.72. The summed E-state index contributed by atoms with van der Waals surface area (Å²) in [5.74, 6) is -0.467. The maximum absolute atomic E-state index is 11.8. The van der Waals surface area contributed by atoms with Crippen molar-refractivity contribution in [3.8, 4) is 0 Å². The first-order chi connectivity index (χ1) is 9.80. The quantitative estimate of drug-likeness (QED) is 0.478. The predicted molar refractivity (Wildman–Crippen MR) is 78.1 cm³/mol. The van der Waals surface area contributed by atoms with Crippen LogP contribution in [0.4, 0.5) is 11.6 Å². The third-order valence-electron chi connectivity index (χ3n) is 2.65. The number of carbonyl (C=O) groups is 1. The monoisotopic (exact) mass is 320 g/mol. The van der Waals surface area contributed by atoms with Gasteiger partial charge in [-0.3, -0.25) is 0 Å². The van der Waals surface area contributed by atoms with Gasteiger partial charge in [-0.05, 0) is 0 Å². The summed E-state index contributed by atoms with van der Waals surface area (Å²) in [5.41, 5.74) is 5.93. The minimum absolute atomic E-state index is 0.0562. The molecule has 0 unspecified atom stereocenters. The fourth-order valence-electron chi connectivity index (χ4n) is 1.60. The topological polar surface area (TPSA) is 126 Å². The Labute approximate surface area is 123 Å². The molecule has 0 saturated heterocycles. The van der Waals surface area contributed by atoms with Crippen LogP contribution >= 0.6 is 0 Å². The zero-order valence-electron chi connectivity index (χ0n) is 12.2. The molecular weight excluding hydrogens is 300 g/mol. The Balaban J connectivity index is 3.02. The minimum Gasteiger partial charge on any atom is -0.465 e. The molecule has 1 aromatic heterocycles. The number of nitrogens with zero attached hydrogens (tertiary/aromatic N) is 2. The smallest absolute Gasteiger partial charge is 0.345 e. The second-order valence-corrected chi connectivity index (χ2v) is 6.63. The van der Waals surface area contributed by atoms with Gasteiger partial charge in [-0.25, -0.2) is 17.9 Å². The number of nitrogen functional groups attached to an aromatic ring is 1.